The lowest BCUT2D eigenvalue weighted by Gasteiger charge is -2.38. The van der Waals surface area contributed by atoms with Crippen LogP contribution in [0.25, 0.3) is 0 Å². The molecule has 0 aromatic carbocycles. The van der Waals surface area contributed by atoms with E-state index in [1.807, 2.05) is 19.3 Å². The Morgan fingerprint density at radius 2 is 2.03 bits per heavy atom. The van der Waals surface area contributed by atoms with Gasteiger partial charge in [0.2, 0.25) is 5.95 Å². The molecule has 2 aromatic rings. The number of fused-ring (bicyclic) bond motifs is 2. The van der Waals surface area contributed by atoms with E-state index < -0.39 is 0 Å². The first-order valence-electron chi connectivity index (χ1n) is 10.6. The topological polar surface area (TPSA) is 79.4 Å². The van der Waals surface area contributed by atoms with E-state index in [2.05, 4.69) is 38.6 Å². The third kappa shape index (κ3) is 3.65. The maximum absolute atomic E-state index is 6.00. The molecule has 2 fully saturated rings. The molecule has 156 valence electrons. The molecule has 3 aliphatic heterocycles. The summed E-state index contributed by atoms with van der Waals surface area (Å²) < 4.78 is 11.9. The average Bonchev–Trinajstić information content (AvgIpc) is 3.28. The minimum Gasteiger partial charge on any atom is -0.376 e. The second kappa shape index (κ2) is 7.34. The van der Waals surface area contributed by atoms with Crippen molar-refractivity contribution in [3.05, 3.63) is 35.2 Å². The molecule has 2 aromatic heterocycles. The third-order valence-electron chi connectivity index (χ3n) is 6.27. The summed E-state index contributed by atoms with van der Waals surface area (Å²) in [6, 6.07) is 0. The van der Waals surface area contributed by atoms with Crippen LogP contribution in [0.15, 0.2) is 12.4 Å². The highest BCUT2D eigenvalue weighted by Crippen LogP contribution is 2.40. The Balaban J connectivity index is 1.39. The van der Waals surface area contributed by atoms with Crippen LogP contribution in [0.4, 0.5) is 5.95 Å². The molecule has 8 heteroatoms. The summed E-state index contributed by atoms with van der Waals surface area (Å²) in [5.74, 6) is 1.79. The van der Waals surface area contributed by atoms with Crippen LogP contribution in [-0.2, 0) is 28.0 Å². The highest BCUT2D eigenvalue weighted by atomic mass is 16.5. The fourth-order valence-corrected chi connectivity index (χ4v) is 5.08. The molecule has 0 aliphatic carbocycles. The van der Waals surface area contributed by atoms with Crippen molar-refractivity contribution < 1.29 is 9.47 Å². The van der Waals surface area contributed by atoms with Gasteiger partial charge in [-0.15, -0.1) is 0 Å². The molecule has 0 saturated carbocycles. The van der Waals surface area contributed by atoms with Gasteiger partial charge in [0.1, 0.15) is 5.82 Å². The molecule has 1 N–H and O–H groups in total. The summed E-state index contributed by atoms with van der Waals surface area (Å²) in [5.41, 5.74) is 3.43. The van der Waals surface area contributed by atoms with Gasteiger partial charge in [0, 0.05) is 49.8 Å². The number of H-pyrrole nitrogens is 1. The number of rotatable bonds is 3. The minimum absolute atomic E-state index is 0.0517. The number of nitrogens with zero attached hydrogens (tertiary/aromatic N) is 5. The van der Waals surface area contributed by atoms with E-state index in [1.165, 1.54) is 5.69 Å². The largest absolute Gasteiger partial charge is 0.376 e. The van der Waals surface area contributed by atoms with E-state index in [0.29, 0.717) is 6.61 Å². The van der Waals surface area contributed by atoms with Gasteiger partial charge in [0.05, 0.1) is 36.5 Å². The van der Waals surface area contributed by atoms with Gasteiger partial charge < -0.3 is 19.4 Å². The predicted molar refractivity (Wildman–Crippen MR) is 109 cm³/mol. The predicted octanol–water partition coefficient (Wildman–Crippen LogP) is 1.80. The second-order valence-electron chi connectivity index (χ2n) is 8.93. The van der Waals surface area contributed by atoms with E-state index in [-0.39, 0.29) is 17.6 Å². The number of aryl methyl sites for hydroxylation is 1. The van der Waals surface area contributed by atoms with Crippen molar-refractivity contribution in [1.82, 2.24) is 24.8 Å². The van der Waals surface area contributed by atoms with Crippen molar-refractivity contribution in [2.45, 2.75) is 58.0 Å². The number of morpholine rings is 1. The van der Waals surface area contributed by atoms with E-state index in [4.69, 9.17) is 14.5 Å². The second-order valence-corrected chi connectivity index (χ2v) is 8.93. The van der Waals surface area contributed by atoms with Crippen LogP contribution in [-0.4, -0.2) is 69.8 Å². The Bertz CT molecular complexity index is 876. The molecule has 5 heterocycles. The average molecular weight is 399 g/mol. The molecule has 5 rings (SSSR count). The Morgan fingerprint density at radius 3 is 2.79 bits per heavy atom. The smallest absolute Gasteiger partial charge is 0.225 e. The first kappa shape index (κ1) is 19.0. The highest BCUT2D eigenvalue weighted by molar-refractivity contribution is 5.39. The monoisotopic (exact) mass is 398 g/mol. The zero-order valence-electron chi connectivity index (χ0n) is 17.5. The summed E-state index contributed by atoms with van der Waals surface area (Å²) in [6.07, 6.45) is 5.35. The summed E-state index contributed by atoms with van der Waals surface area (Å²) in [5, 5.41) is 0. The van der Waals surface area contributed by atoms with E-state index in [0.717, 1.165) is 68.8 Å². The summed E-state index contributed by atoms with van der Waals surface area (Å²) in [7, 11) is 0. The van der Waals surface area contributed by atoms with E-state index >= 15 is 0 Å². The van der Waals surface area contributed by atoms with Crippen molar-refractivity contribution in [3.63, 3.8) is 0 Å². The zero-order chi connectivity index (χ0) is 20.0. The number of hydrogen-bond donors (Lipinski definition) is 1. The molecule has 0 amide bonds. The number of likely N-dealkylation sites (tertiary alicyclic amines) is 1. The Labute approximate surface area is 171 Å². The van der Waals surface area contributed by atoms with Gasteiger partial charge in [-0.1, -0.05) is 0 Å². The number of hydrogen-bond acceptors (Lipinski definition) is 7. The highest BCUT2D eigenvalue weighted by Gasteiger charge is 2.45. The fraction of sp³-hybridized carbons (Fsp3) is 0.667. The van der Waals surface area contributed by atoms with Crippen LogP contribution < -0.4 is 4.90 Å². The van der Waals surface area contributed by atoms with Crippen LogP contribution >= 0.6 is 0 Å². The van der Waals surface area contributed by atoms with E-state index in [1.54, 1.807) is 0 Å². The van der Waals surface area contributed by atoms with Crippen molar-refractivity contribution in [2.75, 3.05) is 37.7 Å². The van der Waals surface area contributed by atoms with E-state index in [9.17, 15) is 0 Å². The molecular weight excluding hydrogens is 368 g/mol. The molecule has 1 spiro atoms. The van der Waals surface area contributed by atoms with Gasteiger partial charge in [-0.3, -0.25) is 4.90 Å². The Hall–Kier alpha value is -2.03. The molecule has 0 unspecified atom stereocenters. The SMILES string of the molecule is Cc1ncc(CN2CC[C@@]3(COCc4cnc(N5C[C@@H](C)O[C@@H](C)C5)nc43)C2)[nH]1. The number of ether oxygens (including phenoxy) is 2. The maximum Gasteiger partial charge on any atom is 0.225 e. The van der Waals surface area contributed by atoms with Crippen LogP contribution in [0.3, 0.4) is 0 Å². The van der Waals surface area contributed by atoms with Crippen molar-refractivity contribution in [1.29, 1.82) is 0 Å². The fourth-order valence-electron chi connectivity index (χ4n) is 5.08. The Kier molecular flexibility index (Phi) is 4.80. The van der Waals surface area contributed by atoms with Crippen LogP contribution in [0, 0.1) is 6.92 Å². The summed E-state index contributed by atoms with van der Waals surface area (Å²) in [4.78, 5) is 22.2. The maximum atomic E-state index is 6.00. The number of aromatic nitrogens is 4. The van der Waals surface area contributed by atoms with Gasteiger partial charge in [0.25, 0.3) is 0 Å². The standard InChI is InChI=1S/C21H30N6O2/c1-14-8-27(9-15(2)29-14)20-23-6-17-11-28-13-21(19(17)25-20)4-5-26(12-21)10-18-7-22-16(3)24-18/h6-7,14-15H,4-5,8-13H2,1-3H3,(H,22,24)/t14-,15+,21-/m0/s1. The zero-order valence-corrected chi connectivity index (χ0v) is 17.5. The molecule has 2 saturated heterocycles. The molecule has 3 atom stereocenters. The Morgan fingerprint density at radius 1 is 1.21 bits per heavy atom. The molecule has 29 heavy (non-hydrogen) atoms. The van der Waals surface area contributed by atoms with Crippen LogP contribution in [0.2, 0.25) is 0 Å². The van der Waals surface area contributed by atoms with Crippen LogP contribution in [0.1, 0.15) is 43.0 Å². The number of anilines is 1. The third-order valence-corrected chi connectivity index (χ3v) is 6.27. The van der Waals surface area contributed by atoms with Gasteiger partial charge in [-0.05, 0) is 33.7 Å². The molecule has 8 nitrogen and oxygen atoms in total. The molecular formula is C21H30N6O2. The molecule has 0 radical (unpaired) electrons. The van der Waals surface area contributed by atoms with Crippen LogP contribution in [0.5, 0.6) is 0 Å². The van der Waals surface area contributed by atoms with Crippen molar-refractivity contribution in [3.8, 4) is 0 Å². The molecule has 3 aliphatic rings. The van der Waals surface area contributed by atoms with Gasteiger partial charge in [0.15, 0.2) is 0 Å². The van der Waals surface area contributed by atoms with Crippen molar-refractivity contribution in [2.24, 2.45) is 0 Å². The normalized spacial score (nSPS) is 30.1. The first-order chi connectivity index (χ1) is 14.0. The lowest BCUT2D eigenvalue weighted by Crippen LogP contribution is -2.47. The molecule has 0 bridgehead atoms. The first-order valence-corrected chi connectivity index (χ1v) is 10.6. The lowest BCUT2D eigenvalue weighted by molar-refractivity contribution is -0.00584. The van der Waals surface area contributed by atoms with Gasteiger partial charge in [-0.25, -0.2) is 15.0 Å². The summed E-state index contributed by atoms with van der Waals surface area (Å²) >= 11 is 0. The lowest BCUT2D eigenvalue weighted by atomic mass is 9.80. The van der Waals surface area contributed by atoms with Gasteiger partial charge in [-0.2, -0.15) is 0 Å². The van der Waals surface area contributed by atoms with Crippen molar-refractivity contribution >= 4 is 5.95 Å². The summed E-state index contributed by atoms with van der Waals surface area (Å²) in [6.45, 7) is 12.1. The van der Waals surface area contributed by atoms with Gasteiger partial charge >= 0.3 is 0 Å². The quantitative estimate of drug-likeness (QED) is 0.844. The number of aromatic amines is 1. The minimum atomic E-state index is -0.0517. The number of imidazole rings is 1. The number of nitrogens with one attached hydrogen (secondary N) is 1.